The molecule has 3 rings (SSSR count). The minimum atomic E-state index is -0.368. The van der Waals surface area contributed by atoms with Crippen molar-refractivity contribution in [2.75, 3.05) is 11.2 Å². The Morgan fingerprint density at radius 3 is 1.42 bits per heavy atom. The summed E-state index contributed by atoms with van der Waals surface area (Å²) in [5, 5.41) is 18.3. The predicted octanol–water partition coefficient (Wildman–Crippen LogP) is 2.94. The quantitative estimate of drug-likeness (QED) is 0.235. The van der Waals surface area contributed by atoms with Crippen molar-refractivity contribution in [3.8, 4) is 12.1 Å². The van der Waals surface area contributed by atoms with Crippen molar-refractivity contribution >= 4 is 17.7 Å². The number of nitrogens with zero attached hydrogens (tertiary/aromatic N) is 5. The highest BCUT2D eigenvalue weighted by atomic mass is 16.4. The van der Waals surface area contributed by atoms with Gasteiger partial charge in [-0.2, -0.15) is 10.5 Å². The number of anilines is 2. The number of carbonyl (C=O) groups excluding carboxylic acids is 1. The number of carbonyl (C=O) groups is 1. The number of nitriles is 2. The number of nitrogens with two attached hydrogens (primary N) is 3. The number of aromatic nitrogens is 3. The maximum Gasteiger partial charge on any atom is 0.230 e. The van der Waals surface area contributed by atoms with Crippen LogP contribution in [0.2, 0.25) is 0 Å². The van der Waals surface area contributed by atoms with Gasteiger partial charge in [-0.15, -0.1) is 0 Å². The van der Waals surface area contributed by atoms with Gasteiger partial charge >= 0.3 is 0 Å². The number of amides is 1. The second-order valence-electron chi connectivity index (χ2n) is 7.82. The van der Waals surface area contributed by atoms with Gasteiger partial charge in [-0.05, 0) is 41.5 Å². The summed E-state index contributed by atoms with van der Waals surface area (Å²) in [6.07, 6.45) is 0. The number of hydrazine groups is 1. The molecule has 0 aliphatic carbocycles. The van der Waals surface area contributed by atoms with Crippen LogP contribution in [0.5, 0.6) is 0 Å². The minimum absolute atomic E-state index is 0.168. The van der Waals surface area contributed by atoms with Gasteiger partial charge in [-0.1, -0.05) is 0 Å². The summed E-state index contributed by atoms with van der Waals surface area (Å²) in [6, 6.07) is 2.99. The molecule has 3 aromatic rings. The third-order valence-electron chi connectivity index (χ3n) is 3.93. The first-order chi connectivity index (χ1) is 17.6. The smallest absolute Gasteiger partial charge is 0.230 e. The predicted molar refractivity (Wildman–Crippen MR) is 143 cm³/mol. The summed E-state index contributed by atoms with van der Waals surface area (Å²) < 4.78 is 15.0. The molecule has 0 aliphatic rings. The maximum absolute atomic E-state index is 10.2. The minimum Gasteiger partial charge on any atom is -0.446 e. The van der Waals surface area contributed by atoms with E-state index in [0.717, 1.165) is 28.7 Å². The molecule has 3 aromatic heterocycles. The first-order valence-corrected chi connectivity index (χ1v) is 11.4. The Labute approximate surface area is 223 Å². The molecule has 8 N–H and O–H groups in total. The molecule has 0 bridgehead atoms. The van der Waals surface area contributed by atoms with Gasteiger partial charge in [-0.25, -0.2) is 20.8 Å². The third-order valence-corrected chi connectivity index (χ3v) is 3.93. The summed E-state index contributed by atoms with van der Waals surface area (Å²) in [6.45, 7) is 17.5. The van der Waals surface area contributed by atoms with Gasteiger partial charge in [0.15, 0.2) is 17.7 Å². The summed E-state index contributed by atoms with van der Waals surface area (Å²) in [7, 11) is 0. The number of nitrogen functional groups attached to an aromatic ring is 2. The summed E-state index contributed by atoms with van der Waals surface area (Å²) in [5.74, 6) is 8.79. The summed E-state index contributed by atoms with van der Waals surface area (Å²) in [4.78, 5) is 22.1. The van der Waals surface area contributed by atoms with Gasteiger partial charge in [0.2, 0.25) is 17.7 Å². The molecule has 38 heavy (non-hydrogen) atoms. The van der Waals surface area contributed by atoms with Crippen LogP contribution in [0.15, 0.2) is 13.3 Å². The molecular formula is C24H40N10O4. The van der Waals surface area contributed by atoms with E-state index in [1.807, 2.05) is 40.7 Å². The first kappa shape index (κ1) is 35.8. The van der Waals surface area contributed by atoms with Crippen molar-refractivity contribution in [3.05, 3.63) is 40.5 Å². The van der Waals surface area contributed by atoms with E-state index >= 15 is 0 Å². The molecule has 0 spiro atoms. The number of oxazole rings is 3. The monoisotopic (exact) mass is 532 g/mol. The molecule has 0 radical (unpaired) electrons. The van der Waals surface area contributed by atoms with Gasteiger partial charge in [0.25, 0.3) is 0 Å². The second kappa shape index (κ2) is 18.8. The fourth-order valence-electron chi connectivity index (χ4n) is 2.18. The Morgan fingerprint density at radius 2 is 1.29 bits per heavy atom. The maximum atomic E-state index is 10.2. The third kappa shape index (κ3) is 17.1. The van der Waals surface area contributed by atoms with E-state index < -0.39 is 0 Å². The topological polar surface area (TPSA) is 245 Å². The highest BCUT2D eigenvalue weighted by Crippen LogP contribution is 2.12. The van der Waals surface area contributed by atoms with Crippen LogP contribution in [0.1, 0.15) is 61.3 Å². The Hall–Kier alpha value is -4.40. The molecule has 0 fully saturated rings. The van der Waals surface area contributed by atoms with Gasteiger partial charge in [0, 0.05) is 27.7 Å². The lowest BCUT2D eigenvalue weighted by molar-refractivity contribution is -0.119. The Bertz CT molecular complexity index is 1100. The molecule has 14 heteroatoms. The summed E-state index contributed by atoms with van der Waals surface area (Å²) >= 11 is 0. The molecular weight excluding hydrogens is 492 g/mol. The van der Waals surface area contributed by atoms with Gasteiger partial charge in [0.05, 0.1) is 23.9 Å². The Balaban J connectivity index is 0. The van der Waals surface area contributed by atoms with Crippen molar-refractivity contribution in [2.45, 2.75) is 81.3 Å². The second-order valence-corrected chi connectivity index (χ2v) is 7.82. The van der Waals surface area contributed by atoms with E-state index in [9.17, 15) is 4.79 Å². The SMILES string of the molecule is CC(=O)NC(C)C#N.CC(N)C#N.Cc1nc(C)c(C)o1.Cc1nc(C)c(N)o1.Cc1nc(C)c(NN)o1. The van der Waals surface area contributed by atoms with E-state index in [-0.39, 0.29) is 18.0 Å². The van der Waals surface area contributed by atoms with E-state index in [0.29, 0.717) is 23.5 Å². The number of rotatable bonds is 2. The molecule has 2 unspecified atom stereocenters. The zero-order chi connectivity index (χ0) is 30.0. The normalized spacial score (nSPS) is 10.6. The van der Waals surface area contributed by atoms with E-state index in [4.69, 9.17) is 41.1 Å². The molecule has 0 saturated carbocycles. The zero-order valence-electron chi connectivity index (χ0n) is 23.8. The fraction of sp³-hybridized carbons (Fsp3) is 0.500. The van der Waals surface area contributed by atoms with Crippen LogP contribution in [0.4, 0.5) is 11.8 Å². The van der Waals surface area contributed by atoms with Gasteiger partial charge in [0.1, 0.15) is 23.2 Å². The van der Waals surface area contributed by atoms with Crippen LogP contribution >= 0.6 is 0 Å². The van der Waals surface area contributed by atoms with Crippen LogP contribution in [0.3, 0.4) is 0 Å². The average molecular weight is 533 g/mol. The van der Waals surface area contributed by atoms with Crippen LogP contribution < -0.4 is 28.1 Å². The zero-order valence-corrected chi connectivity index (χ0v) is 23.8. The molecule has 1 amide bonds. The molecule has 14 nitrogen and oxygen atoms in total. The molecule has 0 aliphatic heterocycles. The van der Waals surface area contributed by atoms with Crippen molar-refractivity contribution in [1.29, 1.82) is 10.5 Å². The fourth-order valence-corrected chi connectivity index (χ4v) is 2.18. The molecule has 0 saturated heterocycles. The number of hydrogen-bond acceptors (Lipinski definition) is 13. The van der Waals surface area contributed by atoms with Crippen molar-refractivity contribution < 1.29 is 18.0 Å². The standard InChI is InChI=1S/C6H9NO.C5H9N3O.2C5H8N2O.C3H6N2/c1-4-5(2)8-6(3)7-4;1-3-5(8-6)9-4(2)7-3;1-3-5(6)8-4(2)7-3;1-4(3-6)7-5(2)8;1-3(5)2-4/h1-3H3;8H,6H2,1-2H3;6H2,1-2H3;4H,1-2H3,(H,7,8);3H,5H2,1H3. The van der Waals surface area contributed by atoms with Crippen LogP contribution in [-0.4, -0.2) is 32.9 Å². The molecule has 0 aromatic carbocycles. The van der Waals surface area contributed by atoms with Crippen molar-refractivity contribution in [3.63, 3.8) is 0 Å². The number of aryl methyl sites for hydroxylation is 7. The summed E-state index contributed by atoms with van der Waals surface area (Å²) in [5.41, 5.74) is 15.2. The van der Waals surface area contributed by atoms with Crippen LogP contribution in [-0.2, 0) is 4.79 Å². The lowest BCUT2D eigenvalue weighted by Gasteiger charge is -1.99. The van der Waals surface area contributed by atoms with Gasteiger partial charge < -0.3 is 30.0 Å². The molecule has 2 atom stereocenters. The van der Waals surface area contributed by atoms with E-state index in [1.54, 1.807) is 33.8 Å². The number of nitrogens with one attached hydrogen (secondary N) is 2. The van der Waals surface area contributed by atoms with Crippen LogP contribution in [0.25, 0.3) is 0 Å². The van der Waals surface area contributed by atoms with Crippen molar-refractivity contribution in [2.24, 2.45) is 11.6 Å². The van der Waals surface area contributed by atoms with Crippen molar-refractivity contribution in [1.82, 2.24) is 20.3 Å². The van der Waals surface area contributed by atoms with E-state index in [1.165, 1.54) is 6.92 Å². The lowest BCUT2D eigenvalue weighted by atomic mass is 10.4. The molecule has 3 heterocycles. The highest BCUT2D eigenvalue weighted by Gasteiger charge is 2.02. The Kier molecular flexibility index (Phi) is 17.7. The van der Waals surface area contributed by atoms with Crippen LogP contribution in [0, 0.1) is 71.1 Å². The highest BCUT2D eigenvalue weighted by molar-refractivity contribution is 5.73. The lowest BCUT2D eigenvalue weighted by Crippen LogP contribution is -2.28. The van der Waals surface area contributed by atoms with Gasteiger partial charge in [-0.3, -0.25) is 10.2 Å². The van der Waals surface area contributed by atoms with E-state index in [2.05, 4.69) is 25.7 Å². The molecule has 210 valence electrons. The first-order valence-electron chi connectivity index (χ1n) is 11.4. The number of hydrogen-bond donors (Lipinski definition) is 5. The average Bonchev–Trinajstić information content (AvgIpc) is 3.42. The largest absolute Gasteiger partial charge is 0.446 e. The Morgan fingerprint density at radius 1 is 0.842 bits per heavy atom.